The molecule has 6 nitrogen and oxygen atoms in total. The van der Waals surface area contributed by atoms with E-state index in [0.717, 1.165) is 38.8 Å². The van der Waals surface area contributed by atoms with Gasteiger partial charge < -0.3 is 10.0 Å². The van der Waals surface area contributed by atoms with Gasteiger partial charge in [0.1, 0.15) is 10.8 Å². The number of hydrogen-bond acceptors (Lipinski definition) is 4. The molecule has 0 saturated heterocycles. The van der Waals surface area contributed by atoms with E-state index in [1.54, 1.807) is 17.2 Å². The highest BCUT2D eigenvalue weighted by Gasteiger charge is 2.39. The van der Waals surface area contributed by atoms with Gasteiger partial charge in [-0.15, -0.1) is 0 Å². The van der Waals surface area contributed by atoms with E-state index in [2.05, 4.69) is 25.8 Å². The molecule has 46 heavy (non-hydrogen) atoms. The molecule has 236 valence electrons. The van der Waals surface area contributed by atoms with Gasteiger partial charge in [-0.25, -0.2) is 4.79 Å². The fraction of sp³-hybridized carbons (Fsp3) is 0.250. The maximum atomic E-state index is 14.0. The predicted molar refractivity (Wildman–Crippen MR) is 174 cm³/mol. The highest BCUT2D eigenvalue weighted by molar-refractivity contribution is 6.32. The Morgan fingerprint density at radius 3 is 2.37 bits per heavy atom. The lowest BCUT2D eigenvalue weighted by Crippen LogP contribution is -2.29. The van der Waals surface area contributed by atoms with Gasteiger partial charge in [-0.3, -0.25) is 14.3 Å². The van der Waals surface area contributed by atoms with Gasteiger partial charge in [0.2, 0.25) is 0 Å². The van der Waals surface area contributed by atoms with Crippen molar-refractivity contribution >= 4 is 34.3 Å². The fourth-order valence-electron chi connectivity index (χ4n) is 6.15. The molecule has 2 aromatic heterocycles. The quantitative estimate of drug-likeness (QED) is 0.201. The number of rotatable bonds is 6. The van der Waals surface area contributed by atoms with Gasteiger partial charge >= 0.3 is 12.1 Å². The average Bonchev–Trinajstić information content (AvgIpc) is 3.38. The molecule has 0 spiro atoms. The molecule has 0 aliphatic carbocycles. The number of aliphatic carboxylic acids is 1. The van der Waals surface area contributed by atoms with Crippen LogP contribution in [0, 0.1) is 0 Å². The summed E-state index contributed by atoms with van der Waals surface area (Å²) in [5.41, 5.74) is 2.54. The number of pyridine rings is 2. The van der Waals surface area contributed by atoms with Crippen LogP contribution in [0.5, 0.6) is 0 Å². The Hall–Kier alpha value is -4.63. The van der Waals surface area contributed by atoms with Crippen LogP contribution in [0.2, 0.25) is 5.02 Å². The molecule has 0 saturated carbocycles. The third-order valence-corrected chi connectivity index (χ3v) is 8.88. The van der Waals surface area contributed by atoms with E-state index in [9.17, 15) is 27.9 Å². The number of carboxylic acid groups (broad SMARTS) is 1. The third kappa shape index (κ3) is 5.75. The number of nitrogens with zero attached hydrogens (tertiary/aromatic N) is 3. The largest absolute Gasteiger partial charge is 0.480 e. The third-order valence-electron chi connectivity index (χ3n) is 8.49. The zero-order valence-electron chi connectivity index (χ0n) is 25.4. The van der Waals surface area contributed by atoms with Crippen molar-refractivity contribution in [3.8, 4) is 11.1 Å². The second kappa shape index (κ2) is 11.6. The minimum atomic E-state index is -4.63. The minimum Gasteiger partial charge on any atom is -0.480 e. The minimum absolute atomic E-state index is 0.0739. The number of para-hydroxylation sites is 1. The molecular formula is C36H31ClF3N3O3. The fourth-order valence-corrected chi connectivity index (χ4v) is 6.40. The van der Waals surface area contributed by atoms with E-state index in [1.165, 1.54) is 12.1 Å². The lowest BCUT2D eigenvalue weighted by atomic mass is 9.87. The maximum Gasteiger partial charge on any atom is 0.416 e. The van der Waals surface area contributed by atoms with Gasteiger partial charge in [0.15, 0.2) is 6.04 Å². The number of carboxylic acids is 1. The van der Waals surface area contributed by atoms with Gasteiger partial charge in [0, 0.05) is 30.1 Å². The highest BCUT2D eigenvalue weighted by Crippen LogP contribution is 2.44. The molecule has 10 heteroatoms. The predicted octanol–water partition coefficient (Wildman–Crippen LogP) is 8.27. The second-order valence-corrected chi connectivity index (χ2v) is 13.0. The first-order valence-electron chi connectivity index (χ1n) is 14.8. The Bertz CT molecular complexity index is 2030. The smallest absolute Gasteiger partial charge is 0.416 e. The van der Waals surface area contributed by atoms with Crippen LogP contribution >= 0.6 is 11.6 Å². The molecule has 6 rings (SSSR count). The van der Waals surface area contributed by atoms with Crippen molar-refractivity contribution in [1.29, 1.82) is 0 Å². The van der Waals surface area contributed by atoms with Crippen molar-refractivity contribution < 1.29 is 23.1 Å². The summed E-state index contributed by atoms with van der Waals surface area (Å²) in [6.45, 7) is 6.44. The number of anilines is 1. The monoisotopic (exact) mass is 645 g/mol. The Morgan fingerprint density at radius 2 is 1.70 bits per heavy atom. The molecule has 1 atom stereocenters. The lowest BCUT2D eigenvalue weighted by molar-refractivity contribution is -0.140. The number of alkyl halides is 3. The SMILES string of the molecule is CC(C)(C)c1ccc(CN2CC(C(=O)O)n3c2c(-c2cccc(C(F)(F)F)c2)c(Cc2ccnc4ccccc24)c(Cl)c3=O)cc1. The molecule has 1 aliphatic rings. The van der Waals surface area contributed by atoms with Crippen LogP contribution in [-0.2, 0) is 29.4 Å². The van der Waals surface area contributed by atoms with Crippen LogP contribution in [0.3, 0.4) is 0 Å². The van der Waals surface area contributed by atoms with Crippen LogP contribution in [0.15, 0.2) is 89.9 Å². The molecular weight excluding hydrogens is 615 g/mol. The van der Waals surface area contributed by atoms with Crippen LogP contribution < -0.4 is 10.5 Å². The Balaban J connectivity index is 1.61. The maximum absolute atomic E-state index is 14.0. The van der Waals surface area contributed by atoms with Gasteiger partial charge in [0.05, 0.1) is 17.6 Å². The van der Waals surface area contributed by atoms with Crippen molar-refractivity contribution in [2.24, 2.45) is 0 Å². The summed E-state index contributed by atoms with van der Waals surface area (Å²) < 4.78 is 43.1. The molecule has 1 unspecified atom stereocenters. The van der Waals surface area contributed by atoms with Crippen LogP contribution in [0.4, 0.5) is 19.0 Å². The zero-order valence-corrected chi connectivity index (χ0v) is 26.2. The van der Waals surface area contributed by atoms with Crippen molar-refractivity contribution in [1.82, 2.24) is 9.55 Å². The molecule has 0 amide bonds. The summed E-state index contributed by atoms with van der Waals surface area (Å²) in [7, 11) is 0. The number of halogens is 4. The lowest BCUT2D eigenvalue weighted by Gasteiger charge is -2.25. The van der Waals surface area contributed by atoms with Crippen LogP contribution in [-0.4, -0.2) is 27.2 Å². The molecule has 5 aromatic rings. The van der Waals surface area contributed by atoms with Crippen molar-refractivity contribution in [2.45, 2.75) is 51.4 Å². The van der Waals surface area contributed by atoms with Crippen molar-refractivity contribution in [3.63, 3.8) is 0 Å². The Kier molecular flexibility index (Phi) is 7.92. The highest BCUT2D eigenvalue weighted by atomic mass is 35.5. The summed E-state index contributed by atoms with van der Waals surface area (Å²) in [4.78, 5) is 32.7. The first kappa shape index (κ1) is 31.4. The summed E-state index contributed by atoms with van der Waals surface area (Å²) in [5.74, 6) is -1.03. The number of hydrogen-bond donors (Lipinski definition) is 1. The topological polar surface area (TPSA) is 75.4 Å². The number of aromatic nitrogens is 2. The Labute approximate surface area is 268 Å². The average molecular weight is 646 g/mol. The van der Waals surface area contributed by atoms with Crippen LogP contribution in [0.25, 0.3) is 22.0 Å². The molecule has 0 fully saturated rings. The first-order valence-corrected chi connectivity index (χ1v) is 15.2. The molecule has 1 aliphatic heterocycles. The number of carbonyl (C=O) groups is 1. The number of benzene rings is 3. The molecule has 0 radical (unpaired) electrons. The van der Waals surface area contributed by atoms with Gasteiger partial charge in [-0.1, -0.05) is 87.0 Å². The Morgan fingerprint density at radius 1 is 0.978 bits per heavy atom. The van der Waals surface area contributed by atoms with E-state index < -0.39 is 29.3 Å². The van der Waals surface area contributed by atoms with Crippen molar-refractivity contribution in [2.75, 3.05) is 11.4 Å². The zero-order chi connectivity index (χ0) is 33.0. The summed E-state index contributed by atoms with van der Waals surface area (Å²) >= 11 is 6.82. The van der Waals surface area contributed by atoms with Gasteiger partial charge in [0.25, 0.3) is 5.56 Å². The molecule has 3 heterocycles. The van der Waals surface area contributed by atoms with E-state index >= 15 is 0 Å². The molecule has 3 aromatic carbocycles. The second-order valence-electron chi connectivity index (χ2n) is 12.6. The van der Waals surface area contributed by atoms with Crippen molar-refractivity contribution in [3.05, 3.63) is 128 Å². The van der Waals surface area contributed by atoms with Gasteiger partial charge in [-0.2, -0.15) is 13.2 Å². The summed E-state index contributed by atoms with van der Waals surface area (Å²) in [6, 6.07) is 20.6. The number of fused-ring (bicyclic) bond motifs is 2. The summed E-state index contributed by atoms with van der Waals surface area (Å²) in [6.07, 6.45) is -2.90. The summed E-state index contributed by atoms with van der Waals surface area (Å²) in [5, 5.41) is 10.8. The van der Waals surface area contributed by atoms with E-state index in [1.807, 2.05) is 48.5 Å². The molecule has 1 N–H and O–H groups in total. The van der Waals surface area contributed by atoms with Crippen LogP contribution in [0.1, 0.15) is 54.6 Å². The van der Waals surface area contributed by atoms with E-state index in [4.69, 9.17) is 11.6 Å². The van der Waals surface area contributed by atoms with E-state index in [0.29, 0.717) is 11.1 Å². The molecule has 0 bridgehead atoms. The normalized spacial score (nSPS) is 14.9. The standard InChI is InChI=1S/C36H31ClF3N3O3/c1-35(2,3)24-13-11-21(12-14-24)19-42-20-29(34(45)46)43-32(42)30(23-7-6-8-25(17-23)36(38,39)40)27(31(37)33(43)44)18-22-15-16-41-28-10-5-4-9-26(22)28/h4-17,29H,18-20H2,1-3H3,(H,45,46). The van der Waals surface area contributed by atoms with Gasteiger partial charge in [-0.05, 0) is 57.5 Å². The first-order chi connectivity index (χ1) is 21.7. The van der Waals surface area contributed by atoms with E-state index in [-0.39, 0.29) is 46.9 Å².